The number of nitrogens with one attached hydrogen (secondary N) is 1. The van der Waals surface area contributed by atoms with Crippen molar-refractivity contribution in [1.29, 1.82) is 0 Å². The lowest BCUT2D eigenvalue weighted by atomic mass is 9.95. The summed E-state index contributed by atoms with van der Waals surface area (Å²) in [6, 6.07) is 0. The van der Waals surface area contributed by atoms with Gasteiger partial charge in [0, 0.05) is 32.2 Å². The smallest absolute Gasteiger partial charge is 0.220 e. The lowest BCUT2D eigenvalue weighted by Gasteiger charge is -2.27. The van der Waals surface area contributed by atoms with Crippen LogP contribution in [0.5, 0.6) is 0 Å². The minimum absolute atomic E-state index is 0.0193. The number of hydrogen-bond donors (Lipinski definition) is 1. The Balaban J connectivity index is 1.90. The second-order valence-corrected chi connectivity index (χ2v) is 6.58. The standard InChI is InChI=1S/C17H31NO5S/c1-14(19)9-12-21-13-10-18-17(20)4-3-11-22-15-5-7-16(8-6-15)23-24-2/h15-16H,3-13H2,1-2H3,(H,18,20). The van der Waals surface area contributed by atoms with Gasteiger partial charge < -0.3 is 19.0 Å². The summed E-state index contributed by atoms with van der Waals surface area (Å²) in [4.78, 5) is 22.4. The van der Waals surface area contributed by atoms with Crippen molar-refractivity contribution in [1.82, 2.24) is 5.32 Å². The van der Waals surface area contributed by atoms with Gasteiger partial charge >= 0.3 is 0 Å². The summed E-state index contributed by atoms with van der Waals surface area (Å²) in [5.74, 6) is 0.134. The van der Waals surface area contributed by atoms with Gasteiger partial charge in [0.25, 0.3) is 0 Å². The zero-order valence-corrected chi connectivity index (χ0v) is 15.7. The van der Waals surface area contributed by atoms with Crippen LogP contribution in [0.1, 0.15) is 51.9 Å². The van der Waals surface area contributed by atoms with Gasteiger partial charge in [-0.25, -0.2) is 0 Å². The van der Waals surface area contributed by atoms with Crippen molar-refractivity contribution >= 4 is 23.7 Å². The number of amides is 1. The molecule has 1 aliphatic rings. The summed E-state index contributed by atoms with van der Waals surface area (Å²) in [6.45, 7) is 3.51. The third kappa shape index (κ3) is 11.0. The van der Waals surface area contributed by atoms with Gasteiger partial charge in [-0.3, -0.25) is 9.59 Å². The van der Waals surface area contributed by atoms with Gasteiger partial charge in [0.15, 0.2) is 0 Å². The first-order valence-electron chi connectivity index (χ1n) is 8.76. The monoisotopic (exact) mass is 361 g/mol. The third-order valence-electron chi connectivity index (χ3n) is 3.92. The highest BCUT2D eigenvalue weighted by Crippen LogP contribution is 2.25. The predicted octanol–water partition coefficient (Wildman–Crippen LogP) is 2.50. The van der Waals surface area contributed by atoms with Crippen LogP contribution in [0.3, 0.4) is 0 Å². The predicted molar refractivity (Wildman–Crippen MR) is 95.0 cm³/mol. The number of ketones is 1. The van der Waals surface area contributed by atoms with Crippen LogP contribution in [0.2, 0.25) is 0 Å². The second-order valence-electron chi connectivity index (χ2n) is 6.05. The molecule has 1 amide bonds. The molecule has 0 aromatic carbocycles. The van der Waals surface area contributed by atoms with Crippen LogP contribution < -0.4 is 5.32 Å². The first-order chi connectivity index (χ1) is 11.6. The summed E-state index contributed by atoms with van der Waals surface area (Å²) in [5, 5.41) is 2.81. The van der Waals surface area contributed by atoms with Crippen molar-refractivity contribution in [3.63, 3.8) is 0 Å². The maximum atomic E-state index is 11.7. The molecule has 0 saturated heterocycles. The van der Waals surface area contributed by atoms with Gasteiger partial charge in [0.2, 0.25) is 5.91 Å². The Morgan fingerprint density at radius 3 is 2.42 bits per heavy atom. The molecule has 0 spiro atoms. The van der Waals surface area contributed by atoms with Crippen LogP contribution in [0.4, 0.5) is 0 Å². The molecule has 0 bridgehead atoms. The Labute approximate surface area is 149 Å². The number of Topliss-reactive ketones (excluding diaryl/α,β-unsaturated/α-hetero) is 1. The van der Waals surface area contributed by atoms with Crippen LogP contribution in [-0.4, -0.2) is 56.5 Å². The highest BCUT2D eigenvalue weighted by Gasteiger charge is 2.22. The van der Waals surface area contributed by atoms with Crippen LogP contribution in [0, 0.1) is 0 Å². The second kappa shape index (κ2) is 13.6. The molecule has 0 atom stereocenters. The molecule has 0 aromatic rings. The maximum Gasteiger partial charge on any atom is 0.220 e. The quantitative estimate of drug-likeness (QED) is 0.401. The van der Waals surface area contributed by atoms with Crippen molar-refractivity contribution in [2.45, 2.75) is 64.1 Å². The zero-order chi connectivity index (χ0) is 17.6. The molecule has 140 valence electrons. The van der Waals surface area contributed by atoms with Crippen LogP contribution in [-0.2, 0) is 23.2 Å². The Hall–Kier alpha value is -0.630. The van der Waals surface area contributed by atoms with E-state index in [1.807, 2.05) is 6.26 Å². The molecule has 6 nitrogen and oxygen atoms in total. The fourth-order valence-electron chi connectivity index (χ4n) is 2.58. The van der Waals surface area contributed by atoms with E-state index >= 15 is 0 Å². The van der Waals surface area contributed by atoms with E-state index in [0.29, 0.717) is 51.4 Å². The normalized spacial score (nSPS) is 20.8. The number of carbonyl (C=O) groups excluding carboxylic acids is 2. The number of rotatable bonds is 13. The summed E-state index contributed by atoms with van der Waals surface area (Å²) in [7, 11) is 0. The van der Waals surface area contributed by atoms with Gasteiger partial charge in [-0.2, -0.15) is 0 Å². The van der Waals surface area contributed by atoms with E-state index in [-0.39, 0.29) is 11.7 Å². The van der Waals surface area contributed by atoms with E-state index in [4.69, 9.17) is 13.7 Å². The average molecular weight is 362 g/mol. The number of ether oxygens (including phenoxy) is 2. The molecule has 1 aliphatic carbocycles. The minimum Gasteiger partial charge on any atom is -0.379 e. The van der Waals surface area contributed by atoms with E-state index in [1.165, 1.54) is 19.0 Å². The SMILES string of the molecule is CSOC1CCC(OCCCC(=O)NCCOCCC(C)=O)CC1. The van der Waals surface area contributed by atoms with E-state index in [0.717, 1.165) is 32.1 Å². The highest BCUT2D eigenvalue weighted by molar-refractivity contribution is 7.93. The minimum atomic E-state index is 0.0193. The van der Waals surface area contributed by atoms with Gasteiger partial charge in [-0.05, 0) is 51.1 Å². The topological polar surface area (TPSA) is 73.9 Å². The summed E-state index contributed by atoms with van der Waals surface area (Å²) < 4.78 is 16.6. The Morgan fingerprint density at radius 1 is 1.04 bits per heavy atom. The van der Waals surface area contributed by atoms with Gasteiger partial charge in [0.1, 0.15) is 5.78 Å². The van der Waals surface area contributed by atoms with E-state index in [1.54, 1.807) is 0 Å². The molecule has 7 heteroatoms. The molecular weight excluding hydrogens is 330 g/mol. The lowest BCUT2D eigenvalue weighted by Crippen LogP contribution is -2.28. The van der Waals surface area contributed by atoms with Crippen LogP contribution in [0.25, 0.3) is 0 Å². The average Bonchev–Trinajstić information content (AvgIpc) is 2.56. The Kier molecular flexibility index (Phi) is 12.2. The van der Waals surface area contributed by atoms with Crippen molar-refractivity contribution in [3.8, 4) is 0 Å². The van der Waals surface area contributed by atoms with Crippen molar-refractivity contribution < 1.29 is 23.2 Å². The molecular formula is C17H31NO5S. The van der Waals surface area contributed by atoms with Crippen molar-refractivity contribution in [2.24, 2.45) is 0 Å². The molecule has 24 heavy (non-hydrogen) atoms. The fourth-order valence-corrected chi connectivity index (χ4v) is 3.05. The van der Waals surface area contributed by atoms with Gasteiger partial charge in [-0.15, -0.1) is 0 Å². The molecule has 1 fully saturated rings. The van der Waals surface area contributed by atoms with E-state index in [9.17, 15) is 9.59 Å². The van der Waals surface area contributed by atoms with Crippen molar-refractivity contribution in [3.05, 3.63) is 0 Å². The molecule has 0 radical (unpaired) electrons. The number of hydrogen-bond acceptors (Lipinski definition) is 6. The molecule has 0 aromatic heterocycles. The number of carbonyl (C=O) groups is 2. The third-order valence-corrected chi connectivity index (χ3v) is 4.39. The lowest BCUT2D eigenvalue weighted by molar-refractivity contribution is -0.122. The maximum absolute atomic E-state index is 11.7. The first-order valence-corrected chi connectivity index (χ1v) is 9.91. The van der Waals surface area contributed by atoms with Crippen molar-refractivity contribution in [2.75, 3.05) is 32.6 Å². The molecule has 1 N–H and O–H groups in total. The molecule has 0 heterocycles. The van der Waals surface area contributed by atoms with Crippen LogP contribution in [0.15, 0.2) is 0 Å². The molecule has 1 saturated carbocycles. The highest BCUT2D eigenvalue weighted by atomic mass is 32.2. The van der Waals surface area contributed by atoms with Crippen LogP contribution >= 0.6 is 12.0 Å². The van der Waals surface area contributed by atoms with Gasteiger partial charge in [-0.1, -0.05) is 0 Å². The largest absolute Gasteiger partial charge is 0.379 e. The summed E-state index contributed by atoms with van der Waals surface area (Å²) >= 11 is 1.44. The van der Waals surface area contributed by atoms with E-state index < -0.39 is 0 Å². The summed E-state index contributed by atoms with van der Waals surface area (Å²) in [5.41, 5.74) is 0. The molecule has 0 unspecified atom stereocenters. The molecule has 1 rings (SSSR count). The van der Waals surface area contributed by atoms with Gasteiger partial charge in [0.05, 0.1) is 25.4 Å². The fraction of sp³-hybridized carbons (Fsp3) is 0.882. The summed E-state index contributed by atoms with van der Waals surface area (Å²) in [6.07, 6.45) is 8.43. The Bertz CT molecular complexity index is 359. The Morgan fingerprint density at radius 2 is 1.75 bits per heavy atom. The zero-order valence-electron chi connectivity index (χ0n) is 14.9. The molecule has 0 aliphatic heterocycles. The first kappa shape index (κ1) is 21.4. The van der Waals surface area contributed by atoms with E-state index in [2.05, 4.69) is 5.32 Å².